The smallest absolute Gasteiger partial charge is 0.293 e. The highest BCUT2D eigenvalue weighted by Gasteiger charge is 2.36. The monoisotopic (exact) mass is 361 g/mol. The lowest BCUT2D eigenvalue weighted by molar-refractivity contribution is -0.384. The van der Waals surface area contributed by atoms with Crippen LogP contribution in [0, 0.1) is 38.7 Å². The van der Waals surface area contributed by atoms with Crippen LogP contribution in [-0.4, -0.2) is 22.6 Å². The van der Waals surface area contributed by atoms with Crippen LogP contribution in [0.25, 0.3) is 0 Å². The van der Waals surface area contributed by atoms with Crippen LogP contribution in [-0.2, 0) is 6.54 Å². The van der Waals surface area contributed by atoms with E-state index in [4.69, 9.17) is 5.26 Å². The Balaban J connectivity index is 1.78. The second kappa shape index (κ2) is 6.26. The van der Waals surface area contributed by atoms with Gasteiger partial charge in [0.2, 0.25) is 0 Å². The Kier molecular flexibility index (Phi) is 3.89. The van der Waals surface area contributed by atoms with Gasteiger partial charge in [0, 0.05) is 43.4 Å². The summed E-state index contributed by atoms with van der Waals surface area (Å²) in [5.41, 5.74) is 1.24. The zero-order valence-electron chi connectivity index (χ0n) is 14.3. The summed E-state index contributed by atoms with van der Waals surface area (Å²) in [4.78, 5) is 25.1. The topological polar surface area (TPSA) is 116 Å². The van der Waals surface area contributed by atoms with Gasteiger partial charge >= 0.3 is 0 Å². The first kappa shape index (κ1) is 16.8. The minimum absolute atomic E-state index is 0.00190. The lowest BCUT2D eigenvalue weighted by Crippen LogP contribution is -2.47. The van der Waals surface area contributed by atoms with Gasteiger partial charge < -0.3 is 9.47 Å². The van der Waals surface area contributed by atoms with Crippen molar-refractivity contribution in [3.05, 3.63) is 67.6 Å². The van der Waals surface area contributed by atoms with Crippen LogP contribution in [0.3, 0.4) is 0 Å². The van der Waals surface area contributed by atoms with Crippen molar-refractivity contribution in [2.24, 2.45) is 5.92 Å². The van der Waals surface area contributed by atoms with Crippen molar-refractivity contribution in [1.29, 1.82) is 10.5 Å². The van der Waals surface area contributed by atoms with E-state index in [1.54, 1.807) is 16.7 Å². The molecule has 0 aliphatic carbocycles. The van der Waals surface area contributed by atoms with E-state index in [2.05, 4.69) is 0 Å². The van der Waals surface area contributed by atoms with Crippen LogP contribution in [0.5, 0.6) is 0 Å². The normalized spacial score (nSPS) is 20.3. The van der Waals surface area contributed by atoms with Gasteiger partial charge in [0.15, 0.2) is 0 Å². The van der Waals surface area contributed by atoms with Gasteiger partial charge in [-0.2, -0.15) is 10.5 Å². The number of fused-ring (bicyclic) bond motifs is 4. The summed E-state index contributed by atoms with van der Waals surface area (Å²) in [7, 11) is 0. The number of nitrogens with zero attached hydrogens (tertiary/aromatic N) is 5. The first-order valence-electron chi connectivity index (χ1n) is 8.59. The van der Waals surface area contributed by atoms with E-state index in [1.807, 2.05) is 23.1 Å². The van der Waals surface area contributed by atoms with Gasteiger partial charge in [0.1, 0.15) is 17.8 Å². The zero-order valence-corrected chi connectivity index (χ0v) is 14.3. The molecule has 8 nitrogen and oxygen atoms in total. The third-order valence-corrected chi connectivity index (χ3v) is 5.37. The second-order valence-corrected chi connectivity index (χ2v) is 6.97. The van der Waals surface area contributed by atoms with E-state index in [1.165, 1.54) is 12.1 Å². The van der Waals surface area contributed by atoms with Gasteiger partial charge in [-0.05, 0) is 24.5 Å². The number of aromatic nitrogens is 1. The molecule has 0 N–H and O–H groups in total. The molecule has 1 fully saturated rings. The van der Waals surface area contributed by atoms with E-state index >= 15 is 0 Å². The second-order valence-electron chi connectivity index (χ2n) is 6.97. The van der Waals surface area contributed by atoms with Crippen LogP contribution in [0.1, 0.15) is 29.2 Å². The van der Waals surface area contributed by atoms with Crippen LogP contribution in [0.2, 0.25) is 0 Å². The fourth-order valence-corrected chi connectivity index (χ4v) is 4.25. The van der Waals surface area contributed by atoms with Crippen molar-refractivity contribution in [2.75, 3.05) is 18.0 Å². The molecule has 1 aromatic carbocycles. The average molecular weight is 361 g/mol. The molecule has 3 heterocycles. The molecular weight excluding hydrogens is 346 g/mol. The Hall–Kier alpha value is -3.65. The number of nitriles is 2. The molecule has 27 heavy (non-hydrogen) atoms. The van der Waals surface area contributed by atoms with Gasteiger partial charge in [0.05, 0.1) is 16.1 Å². The summed E-state index contributed by atoms with van der Waals surface area (Å²) >= 11 is 0. The molecule has 0 unspecified atom stereocenters. The molecule has 1 aromatic heterocycles. The molecule has 2 aliphatic rings. The number of hydrogen-bond acceptors (Lipinski definition) is 6. The Morgan fingerprint density at radius 2 is 1.85 bits per heavy atom. The van der Waals surface area contributed by atoms with Gasteiger partial charge in [-0.25, -0.2) is 0 Å². The molecule has 8 heteroatoms. The fraction of sp³-hybridized carbons (Fsp3) is 0.316. The van der Waals surface area contributed by atoms with E-state index in [9.17, 15) is 20.2 Å². The number of benzene rings is 1. The largest absolute Gasteiger partial charge is 0.365 e. The third-order valence-electron chi connectivity index (χ3n) is 5.37. The predicted octanol–water partition coefficient (Wildman–Crippen LogP) is 2.12. The van der Waals surface area contributed by atoms with Crippen molar-refractivity contribution in [3.8, 4) is 12.1 Å². The molecule has 0 saturated carbocycles. The quantitative estimate of drug-likeness (QED) is 0.597. The third kappa shape index (κ3) is 2.72. The number of anilines is 1. The van der Waals surface area contributed by atoms with Crippen molar-refractivity contribution in [2.45, 2.75) is 18.9 Å². The standard InChI is InChI=1S/C19H15N5O3/c20-7-13-5-17(18(24(26)27)6-14(13)8-21)22-9-12-4-15(11-22)16-2-1-3-19(25)23(16)10-12/h1-3,5-6,12,15H,4,9-11H2/t12-,15+/m0/s1. The maximum Gasteiger partial charge on any atom is 0.293 e. The van der Waals surface area contributed by atoms with Gasteiger partial charge in [-0.15, -0.1) is 0 Å². The van der Waals surface area contributed by atoms with Crippen molar-refractivity contribution in [3.63, 3.8) is 0 Å². The molecule has 1 saturated heterocycles. The van der Waals surface area contributed by atoms with E-state index < -0.39 is 4.92 Å². The summed E-state index contributed by atoms with van der Waals surface area (Å²) in [6.07, 6.45) is 0.926. The van der Waals surface area contributed by atoms with Crippen LogP contribution < -0.4 is 10.5 Å². The van der Waals surface area contributed by atoms with Gasteiger partial charge in [-0.3, -0.25) is 14.9 Å². The van der Waals surface area contributed by atoms with Gasteiger partial charge in [0.25, 0.3) is 11.2 Å². The Bertz CT molecular complexity index is 1090. The molecule has 2 aliphatic heterocycles. The van der Waals surface area contributed by atoms with Crippen LogP contribution >= 0.6 is 0 Å². The van der Waals surface area contributed by atoms with Crippen LogP contribution in [0.15, 0.2) is 35.1 Å². The average Bonchev–Trinajstić information content (AvgIpc) is 2.67. The molecular formula is C19H15N5O3. The highest BCUT2D eigenvalue weighted by atomic mass is 16.6. The number of hydrogen-bond donors (Lipinski definition) is 0. The number of nitro benzene ring substituents is 1. The number of piperidine rings is 1. The number of pyridine rings is 1. The minimum Gasteiger partial charge on any atom is -0.365 e. The molecule has 0 amide bonds. The van der Waals surface area contributed by atoms with E-state index in [0.717, 1.165) is 12.1 Å². The zero-order chi connectivity index (χ0) is 19.1. The molecule has 0 spiro atoms. The highest BCUT2D eigenvalue weighted by molar-refractivity contribution is 5.70. The first-order chi connectivity index (χ1) is 13.0. The van der Waals surface area contributed by atoms with E-state index in [-0.39, 0.29) is 34.2 Å². The Labute approximate surface area is 154 Å². The number of nitro groups is 1. The molecule has 2 bridgehead atoms. The highest BCUT2D eigenvalue weighted by Crippen LogP contribution is 2.40. The summed E-state index contributed by atoms with van der Waals surface area (Å²) in [6.45, 7) is 1.67. The summed E-state index contributed by atoms with van der Waals surface area (Å²) in [6, 6.07) is 11.6. The molecule has 134 valence electrons. The fourth-order valence-electron chi connectivity index (χ4n) is 4.25. The van der Waals surface area contributed by atoms with Crippen molar-refractivity contribution in [1.82, 2.24) is 4.57 Å². The predicted molar refractivity (Wildman–Crippen MR) is 96.3 cm³/mol. The molecule has 2 atom stereocenters. The SMILES string of the molecule is N#Cc1cc(N2C[C@@H]3C[C@H](C2)c2cccc(=O)n2C3)c([N+](=O)[O-])cc1C#N. The van der Waals surface area contributed by atoms with Crippen molar-refractivity contribution < 1.29 is 4.92 Å². The van der Waals surface area contributed by atoms with Gasteiger partial charge in [-0.1, -0.05) is 6.07 Å². The molecule has 2 aromatic rings. The lowest BCUT2D eigenvalue weighted by atomic mass is 9.82. The van der Waals surface area contributed by atoms with E-state index in [0.29, 0.717) is 25.3 Å². The maximum atomic E-state index is 12.1. The minimum atomic E-state index is -0.514. The summed E-state index contributed by atoms with van der Waals surface area (Å²) < 4.78 is 1.80. The molecule has 0 radical (unpaired) electrons. The number of rotatable bonds is 2. The molecule has 4 rings (SSSR count). The van der Waals surface area contributed by atoms with Crippen LogP contribution in [0.4, 0.5) is 11.4 Å². The summed E-state index contributed by atoms with van der Waals surface area (Å²) in [5.74, 6) is 0.282. The Morgan fingerprint density at radius 3 is 2.56 bits per heavy atom. The van der Waals surface area contributed by atoms with Crippen molar-refractivity contribution >= 4 is 11.4 Å². The maximum absolute atomic E-state index is 12.1. The Morgan fingerprint density at radius 1 is 1.11 bits per heavy atom. The lowest BCUT2D eigenvalue weighted by Gasteiger charge is -2.43. The summed E-state index contributed by atoms with van der Waals surface area (Å²) in [5, 5.41) is 30.0. The first-order valence-corrected chi connectivity index (χ1v) is 8.59.